The normalized spacial score (nSPS) is 36.6. The molecule has 1 saturated heterocycles. The zero-order valence-electron chi connectivity index (χ0n) is 11.3. The van der Waals surface area contributed by atoms with Crippen LogP contribution in [0.5, 0.6) is 0 Å². The second-order valence-corrected chi connectivity index (χ2v) is 6.22. The maximum atomic E-state index is 12.6. The molecule has 19 heavy (non-hydrogen) atoms. The Labute approximate surface area is 113 Å². The number of carbonyl (C=O) groups excluding carboxylic acids is 2. The van der Waals surface area contributed by atoms with Crippen LogP contribution in [0.25, 0.3) is 0 Å². The third-order valence-corrected chi connectivity index (χ3v) is 5.01. The number of nitrogens with two attached hydrogens (primary N) is 1. The topological polar surface area (TPSA) is 75.4 Å². The predicted molar refractivity (Wildman–Crippen MR) is 71.1 cm³/mol. The van der Waals surface area contributed by atoms with Gasteiger partial charge in [0.25, 0.3) is 0 Å². The number of amides is 2. The van der Waals surface area contributed by atoms with Crippen molar-refractivity contribution in [2.24, 2.45) is 23.5 Å². The lowest BCUT2D eigenvalue weighted by Crippen LogP contribution is -2.52. The van der Waals surface area contributed by atoms with Crippen molar-refractivity contribution in [1.29, 1.82) is 0 Å². The zero-order chi connectivity index (χ0) is 13.4. The molecule has 106 valence electrons. The molecule has 0 spiro atoms. The molecule has 3 N–H and O–H groups in total. The van der Waals surface area contributed by atoms with Crippen LogP contribution in [0, 0.1) is 17.8 Å². The Morgan fingerprint density at radius 1 is 1.16 bits per heavy atom. The Hall–Kier alpha value is -1.10. The Bertz CT molecular complexity index is 369. The highest BCUT2D eigenvalue weighted by molar-refractivity contribution is 5.87. The first kappa shape index (κ1) is 12.9. The summed E-state index contributed by atoms with van der Waals surface area (Å²) in [5.74, 6) is 1.17. The van der Waals surface area contributed by atoms with Gasteiger partial charge in [0.05, 0.1) is 6.54 Å². The molecular formula is C14H23N3O2. The zero-order valence-corrected chi connectivity index (χ0v) is 11.3. The van der Waals surface area contributed by atoms with Gasteiger partial charge in [-0.15, -0.1) is 0 Å². The van der Waals surface area contributed by atoms with Crippen molar-refractivity contribution in [1.82, 2.24) is 10.2 Å². The minimum atomic E-state index is -0.398. The van der Waals surface area contributed by atoms with E-state index >= 15 is 0 Å². The molecule has 3 rings (SSSR count). The summed E-state index contributed by atoms with van der Waals surface area (Å²) in [6, 6.07) is 0.148. The third-order valence-electron chi connectivity index (χ3n) is 5.01. The smallest absolute Gasteiger partial charge is 0.237 e. The van der Waals surface area contributed by atoms with Crippen molar-refractivity contribution >= 4 is 11.8 Å². The Balaban J connectivity index is 1.67. The average molecular weight is 265 g/mol. The lowest BCUT2D eigenvalue weighted by atomic mass is 10.0. The number of nitrogens with one attached hydrogen (secondary N) is 1. The first-order chi connectivity index (χ1) is 9.18. The van der Waals surface area contributed by atoms with Crippen LogP contribution in [-0.2, 0) is 9.59 Å². The second-order valence-electron chi connectivity index (χ2n) is 6.22. The highest BCUT2D eigenvalue weighted by Crippen LogP contribution is 2.58. The monoisotopic (exact) mass is 265 g/mol. The third kappa shape index (κ3) is 2.48. The van der Waals surface area contributed by atoms with Gasteiger partial charge >= 0.3 is 0 Å². The molecule has 0 aromatic rings. The summed E-state index contributed by atoms with van der Waals surface area (Å²) >= 11 is 0. The second kappa shape index (κ2) is 5.12. The molecule has 2 amide bonds. The predicted octanol–water partition coefficient (Wildman–Crippen LogP) is 0.0984. The molecule has 1 heterocycles. The lowest BCUT2D eigenvalue weighted by molar-refractivity contribution is -0.139. The number of hydrogen-bond donors (Lipinski definition) is 2. The number of rotatable bonds is 4. The SMILES string of the molecule is NC(=O)CN(C(=O)C1C2CCCC21)C1CCCNC1. The molecule has 5 nitrogen and oxygen atoms in total. The highest BCUT2D eigenvalue weighted by atomic mass is 16.2. The first-order valence-corrected chi connectivity index (χ1v) is 7.48. The van der Waals surface area contributed by atoms with Crippen LogP contribution in [0.3, 0.4) is 0 Å². The Morgan fingerprint density at radius 2 is 1.89 bits per heavy atom. The van der Waals surface area contributed by atoms with Gasteiger partial charge in [-0.25, -0.2) is 0 Å². The summed E-state index contributed by atoms with van der Waals surface area (Å²) in [6.45, 7) is 1.88. The van der Waals surface area contributed by atoms with Gasteiger partial charge in [-0.3, -0.25) is 9.59 Å². The molecule has 0 aromatic heterocycles. The molecule has 2 saturated carbocycles. The quantitative estimate of drug-likeness (QED) is 0.757. The van der Waals surface area contributed by atoms with Gasteiger partial charge in [-0.2, -0.15) is 0 Å². The standard InChI is InChI=1S/C14H23N3O2/c15-12(18)8-17(9-3-2-6-16-7-9)14(19)13-10-4-1-5-11(10)13/h9-11,13,16H,1-8H2,(H2,15,18). The van der Waals surface area contributed by atoms with E-state index in [0.717, 1.165) is 25.9 Å². The molecule has 0 bridgehead atoms. The lowest BCUT2D eigenvalue weighted by Gasteiger charge is -2.34. The van der Waals surface area contributed by atoms with Crippen molar-refractivity contribution in [3.63, 3.8) is 0 Å². The number of fused-ring (bicyclic) bond motifs is 1. The number of primary amides is 1. The molecule has 3 fully saturated rings. The van der Waals surface area contributed by atoms with Gasteiger partial charge in [0, 0.05) is 18.5 Å². The molecule has 5 heteroatoms. The summed E-state index contributed by atoms with van der Waals surface area (Å²) in [5, 5.41) is 3.31. The minimum Gasteiger partial charge on any atom is -0.368 e. The molecular weight excluding hydrogens is 242 g/mol. The summed E-state index contributed by atoms with van der Waals surface area (Å²) < 4.78 is 0. The molecule has 0 radical (unpaired) electrons. The molecule has 0 aromatic carbocycles. The van der Waals surface area contributed by atoms with E-state index in [2.05, 4.69) is 5.32 Å². The van der Waals surface area contributed by atoms with Gasteiger partial charge in [0.1, 0.15) is 0 Å². The molecule has 2 aliphatic carbocycles. The summed E-state index contributed by atoms with van der Waals surface area (Å²) in [4.78, 5) is 25.7. The average Bonchev–Trinajstić information content (AvgIpc) is 2.89. The van der Waals surface area contributed by atoms with Crippen LogP contribution in [-0.4, -0.2) is 42.4 Å². The number of nitrogens with zero attached hydrogens (tertiary/aromatic N) is 1. The van der Waals surface area contributed by atoms with Crippen molar-refractivity contribution in [2.75, 3.05) is 19.6 Å². The molecule has 3 aliphatic rings. The van der Waals surface area contributed by atoms with Gasteiger partial charge in [-0.1, -0.05) is 6.42 Å². The largest absolute Gasteiger partial charge is 0.368 e. The van der Waals surface area contributed by atoms with Crippen LogP contribution in [0.15, 0.2) is 0 Å². The maximum Gasteiger partial charge on any atom is 0.237 e. The van der Waals surface area contributed by atoms with E-state index in [4.69, 9.17) is 5.73 Å². The highest BCUT2D eigenvalue weighted by Gasteiger charge is 2.58. The Morgan fingerprint density at radius 3 is 2.47 bits per heavy atom. The van der Waals surface area contributed by atoms with E-state index < -0.39 is 5.91 Å². The fraction of sp³-hybridized carbons (Fsp3) is 0.857. The summed E-state index contributed by atoms with van der Waals surface area (Å²) in [5.41, 5.74) is 5.32. The number of piperidine rings is 1. The summed E-state index contributed by atoms with van der Waals surface area (Å²) in [6.07, 6.45) is 5.68. The first-order valence-electron chi connectivity index (χ1n) is 7.48. The van der Waals surface area contributed by atoms with Gasteiger partial charge < -0.3 is 16.0 Å². The molecule has 3 unspecified atom stereocenters. The van der Waals surface area contributed by atoms with Crippen LogP contribution < -0.4 is 11.1 Å². The summed E-state index contributed by atoms with van der Waals surface area (Å²) in [7, 11) is 0. The van der Waals surface area contributed by atoms with Gasteiger partial charge in [0.2, 0.25) is 11.8 Å². The van der Waals surface area contributed by atoms with E-state index in [1.54, 1.807) is 4.90 Å². The van der Waals surface area contributed by atoms with Crippen molar-refractivity contribution in [3.8, 4) is 0 Å². The fourth-order valence-electron chi connectivity index (χ4n) is 4.03. The van der Waals surface area contributed by atoms with Crippen LogP contribution in [0.1, 0.15) is 32.1 Å². The van der Waals surface area contributed by atoms with E-state index in [0.29, 0.717) is 11.8 Å². The maximum absolute atomic E-state index is 12.6. The van der Waals surface area contributed by atoms with Gasteiger partial charge in [0.15, 0.2) is 0 Å². The van der Waals surface area contributed by atoms with Gasteiger partial charge in [-0.05, 0) is 44.1 Å². The van der Waals surface area contributed by atoms with E-state index in [1.165, 1.54) is 19.3 Å². The van der Waals surface area contributed by atoms with Crippen LogP contribution in [0.2, 0.25) is 0 Å². The fourth-order valence-corrected chi connectivity index (χ4v) is 4.03. The van der Waals surface area contributed by atoms with Crippen molar-refractivity contribution in [2.45, 2.75) is 38.1 Å². The van der Waals surface area contributed by atoms with Crippen molar-refractivity contribution in [3.05, 3.63) is 0 Å². The van der Waals surface area contributed by atoms with E-state index in [-0.39, 0.29) is 24.4 Å². The van der Waals surface area contributed by atoms with Crippen LogP contribution in [0.4, 0.5) is 0 Å². The Kier molecular flexibility index (Phi) is 3.48. The van der Waals surface area contributed by atoms with Crippen LogP contribution >= 0.6 is 0 Å². The minimum absolute atomic E-state index is 0.0844. The van der Waals surface area contributed by atoms with E-state index in [9.17, 15) is 9.59 Å². The number of hydrogen-bond acceptors (Lipinski definition) is 3. The molecule has 1 aliphatic heterocycles. The van der Waals surface area contributed by atoms with Crippen molar-refractivity contribution < 1.29 is 9.59 Å². The molecule has 3 atom stereocenters. The van der Waals surface area contributed by atoms with E-state index in [1.807, 2.05) is 0 Å². The number of carbonyl (C=O) groups is 2.